The molecule has 6 nitrogen and oxygen atoms in total. The van der Waals surface area contributed by atoms with Crippen LogP contribution < -0.4 is 0 Å². The number of hydrogen-bond donors (Lipinski definition) is 1. The molecule has 16 heavy (non-hydrogen) atoms. The minimum absolute atomic E-state index is 0.0175. The predicted octanol–water partition coefficient (Wildman–Crippen LogP) is 0.0431. The van der Waals surface area contributed by atoms with Crippen molar-refractivity contribution < 1.29 is 24.3 Å². The van der Waals surface area contributed by atoms with Crippen molar-refractivity contribution in [3.63, 3.8) is 0 Å². The number of aldehydes is 1. The van der Waals surface area contributed by atoms with Crippen molar-refractivity contribution in [1.29, 1.82) is 0 Å². The molecule has 1 amide bonds. The van der Waals surface area contributed by atoms with Gasteiger partial charge in [0.15, 0.2) is 0 Å². The van der Waals surface area contributed by atoms with Crippen LogP contribution in [0, 0.1) is 0 Å². The van der Waals surface area contributed by atoms with Crippen molar-refractivity contribution in [3.8, 4) is 0 Å². The van der Waals surface area contributed by atoms with Gasteiger partial charge in [-0.2, -0.15) is 5.06 Å². The molecule has 1 N–H and O–H groups in total. The molecule has 0 rings (SSSR count). The van der Waals surface area contributed by atoms with E-state index in [4.69, 9.17) is 5.11 Å². The summed E-state index contributed by atoms with van der Waals surface area (Å²) < 4.78 is 0. The van der Waals surface area contributed by atoms with Crippen LogP contribution >= 0.6 is 0 Å². The summed E-state index contributed by atoms with van der Waals surface area (Å²) in [6.45, 7) is 1.56. The van der Waals surface area contributed by atoms with Crippen molar-refractivity contribution >= 4 is 18.2 Å². The first-order valence-electron chi connectivity index (χ1n) is 5.06. The number of aliphatic hydroxyl groups is 1. The van der Waals surface area contributed by atoms with Crippen molar-refractivity contribution in [2.24, 2.45) is 0 Å². The Morgan fingerprint density at radius 3 is 2.56 bits per heavy atom. The van der Waals surface area contributed by atoms with E-state index in [2.05, 4.69) is 4.84 Å². The summed E-state index contributed by atoms with van der Waals surface area (Å²) in [4.78, 5) is 37.1. The summed E-state index contributed by atoms with van der Waals surface area (Å²) in [5, 5.41) is 9.75. The zero-order valence-corrected chi connectivity index (χ0v) is 9.51. The first-order chi connectivity index (χ1) is 7.47. The van der Waals surface area contributed by atoms with Crippen LogP contribution in [-0.4, -0.2) is 41.5 Å². The number of hydroxylamine groups is 2. The zero-order valence-electron chi connectivity index (χ0n) is 9.51. The third-order valence-corrected chi connectivity index (χ3v) is 1.83. The highest BCUT2D eigenvalue weighted by Crippen LogP contribution is 2.01. The summed E-state index contributed by atoms with van der Waals surface area (Å²) in [5.74, 6) is -1.01. The average Bonchev–Trinajstić information content (AvgIpc) is 2.22. The smallest absolute Gasteiger partial charge is 0.332 e. The van der Waals surface area contributed by atoms with Crippen LogP contribution in [0.3, 0.4) is 0 Å². The molecule has 0 aromatic carbocycles. The summed E-state index contributed by atoms with van der Waals surface area (Å²) in [6, 6.07) is 0. The number of nitrogens with zero attached hydrogens (tertiary/aromatic N) is 1. The molecule has 1 unspecified atom stereocenters. The van der Waals surface area contributed by atoms with Gasteiger partial charge in [-0.15, -0.1) is 0 Å². The van der Waals surface area contributed by atoms with Crippen molar-refractivity contribution in [2.45, 2.75) is 38.7 Å². The van der Waals surface area contributed by atoms with Crippen LogP contribution in [0.25, 0.3) is 0 Å². The van der Waals surface area contributed by atoms with Gasteiger partial charge in [-0.1, -0.05) is 0 Å². The molecule has 0 aromatic heterocycles. The molecule has 0 radical (unpaired) electrons. The maximum absolute atomic E-state index is 11.2. The minimum Gasteiger partial charge on any atom is -0.393 e. The topological polar surface area (TPSA) is 83.9 Å². The van der Waals surface area contributed by atoms with Crippen LogP contribution in [0.1, 0.15) is 32.6 Å². The fourth-order valence-electron chi connectivity index (χ4n) is 0.916. The first-order valence-corrected chi connectivity index (χ1v) is 5.06. The molecule has 0 saturated heterocycles. The van der Waals surface area contributed by atoms with E-state index in [1.54, 1.807) is 6.92 Å². The number of amides is 1. The monoisotopic (exact) mass is 231 g/mol. The Kier molecular flexibility index (Phi) is 7.11. The summed E-state index contributed by atoms with van der Waals surface area (Å²) in [7, 11) is 1.31. The van der Waals surface area contributed by atoms with Gasteiger partial charge in [-0.05, 0) is 13.3 Å². The lowest BCUT2D eigenvalue weighted by atomic mass is 10.2. The van der Waals surface area contributed by atoms with E-state index in [1.807, 2.05) is 0 Å². The molecule has 0 aliphatic heterocycles. The van der Waals surface area contributed by atoms with Crippen LogP contribution in [0.5, 0.6) is 0 Å². The Balaban J connectivity index is 3.84. The van der Waals surface area contributed by atoms with Crippen LogP contribution in [0.15, 0.2) is 0 Å². The van der Waals surface area contributed by atoms with Crippen LogP contribution in [0.2, 0.25) is 0 Å². The van der Waals surface area contributed by atoms with Gasteiger partial charge in [0.25, 0.3) is 5.91 Å². The molecule has 6 heteroatoms. The molecule has 0 aliphatic rings. The summed E-state index contributed by atoms with van der Waals surface area (Å²) >= 11 is 0. The van der Waals surface area contributed by atoms with Gasteiger partial charge in [0, 0.05) is 19.9 Å². The molecular formula is C10H17NO5. The van der Waals surface area contributed by atoms with Gasteiger partial charge in [0.1, 0.15) is 6.29 Å². The Morgan fingerprint density at radius 2 is 2.06 bits per heavy atom. The lowest BCUT2D eigenvalue weighted by Gasteiger charge is -2.15. The highest BCUT2D eigenvalue weighted by Gasteiger charge is 2.14. The number of carbonyl (C=O) groups is 3. The summed E-state index contributed by atoms with van der Waals surface area (Å²) in [6.07, 6.45) is 0.501. The Hall–Kier alpha value is -1.43. The third-order valence-electron chi connectivity index (χ3n) is 1.83. The number of carbonyl (C=O) groups excluding carboxylic acids is 3. The van der Waals surface area contributed by atoms with E-state index in [0.717, 1.165) is 5.06 Å². The molecule has 0 heterocycles. The van der Waals surface area contributed by atoms with Gasteiger partial charge in [0.2, 0.25) is 0 Å². The quantitative estimate of drug-likeness (QED) is 0.515. The second kappa shape index (κ2) is 7.81. The Labute approximate surface area is 94.1 Å². The molecule has 0 fully saturated rings. The summed E-state index contributed by atoms with van der Waals surface area (Å²) in [5.41, 5.74) is 0. The fourth-order valence-corrected chi connectivity index (χ4v) is 0.916. The average molecular weight is 231 g/mol. The van der Waals surface area contributed by atoms with E-state index < -0.39 is 18.0 Å². The van der Waals surface area contributed by atoms with Crippen LogP contribution in [0.4, 0.5) is 0 Å². The van der Waals surface area contributed by atoms with E-state index in [-0.39, 0.29) is 25.7 Å². The highest BCUT2D eigenvalue weighted by atomic mass is 16.7. The normalized spacial score (nSPS) is 11.7. The molecule has 1 atom stereocenters. The van der Waals surface area contributed by atoms with E-state index in [9.17, 15) is 14.4 Å². The number of hydrogen-bond acceptors (Lipinski definition) is 5. The maximum atomic E-state index is 11.2. The van der Waals surface area contributed by atoms with Gasteiger partial charge >= 0.3 is 5.97 Å². The van der Waals surface area contributed by atoms with Gasteiger partial charge in [0.05, 0.1) is 12.5 Å². The lowest BCUT2D eigenvalue weighted by Crippen LogP contribution is -2.29. The van der Waals surface area contributed by atoms with Gasteiger partial charge < -0.3 is 14.7 Å². The second-order valence-electron chi connectivity index (χ2n) is 3.45. The van der Waals surface area contributed by atoms with Crippen molar-refractivity contribution in [1.82, 2.24) is 5.06 Å². The Morgan fingerprint density at radius 1 is 1.44 bits per heavy atom. The fraction of sp³-hybridized carbons (Fsp3) is 0.700. The molecule has 0 aliphatic carbocycles. The molecule has 0 saturated carbocycles. The third kappa shape index (κ3) is 6.94. The second-order valence-corrected chi connectivity index (χ2v) is 3.45. The zero-order chi connectivity index (χ0) is 12.6. The van der Waals surface area contributed by atoms with Crippen molar-refractivity contribution in [2.75, 3.05) is 7.05 Å². The van der Waals surface area contributed by atoms with Crippen molar-refractivity contribution in [3.05, 3.63) is 0 Å². The van der Waals surface area contributed by atoms with E-state index >= 15 is 0 Å². The minimum atomic E-state index is -0.581. The van der Waals surface area contributed by atoms with E-state index in [1.165, 1.54) is 7.05 Å². The molecular weight excluding hydrogens is 214 g/mol. The SMILES string of the molecule is CC(O)CCC(=O)ON(C)C(=O)CCC=O. The molecule has 92 valence electrons. The maximum Gasteiger partial charge on any atom is 0.332 e. The van der Waals surface area contributed by atoms with Crippen LogP contribution in [-0.2, 0) is 19.2 Å². The lowest BCUT2D eigenvalue weighted by molar-refractivity contribution is -0.193. The predicted molar refractivity (Wildman–Crippen MR) is 55.1 cm³/mol. The number of rotatable bonds is 6. The molecule has 0 bridgehead atoms. The molecule has 0 aromatic rings. The first kappa shape index (κ1) is 14.6. The van der Waals surface area contributed by atoms with Gasteiger partial charge in [-0.3, -0.25) is 4.79 Å². The standard InChI is InChI=1S/C10H17NO5/c1-8(13)5-6-10(15)16-11(2)9(14)4-3-7-12/h7-8,13H,3-6H2,1-2H3. The van der Waals surface area contributed by atoms with E-state index in [0.29, 0.717) is 6.29 Å². The molecule has 0 spiro atoms. The highest BCUT2D eigenvalue weighted by molar-refractivity contribution is 5.79. The van der Waals surface area contributed by atoms with Gasteiger partial charge in [-0.25, -0.2) is 4.79 Å². The largest absolute Gasteiger partial charge is 0.393 e. The number of aliphatic hydroxyl groups excluding tert-OH is 1. The Bertz CT molecular complexity index is 252.